The zero-order valence-electron chi connectivity index (χ0n) is 20.3. The lowest BCUT2D eigenvalue weighted by atomic mass is 10.2. The van der Waals surface area contributed by atoms with E-state index in [1.807, 2.05) is 13.8 Å². The molecule has 2 aromatic rings. The summed E-state index contributed by atoms with van der Waals surface area (Å²) in [4.78, 5) is 25.5. The summed E-state index contributed by atoms with van der Waals surface area (Å²) in [6, 6.07) is 6.46. The third-order valence-corrected chi connectivity index (χ3v) is 5.09. The minimum atomic E-state index is -1.52. The van der Waals surface area contributed by atoms with Crippen LogP contribution in [0.3, 0.4) is 0 Å². The summed E-state index contributed by atoms with van der Waals surface area (Å²) in [5, 5.41) is 8.23. The van der Waals surface area contributed by atoms with Crippen molar-refractivity contribution < 1.29 is 28.5 Å². The molecule has 0 N–H and O–H groups in total. The van der Waals surface area contributed by atoms with Crippen LogP contribution in [0.5, 0.6) is 23.0 Å². The van der Waals surface area contributed by atoms with Crippen LogP contribution in [-0.4, -0.2) is 44.2 Å². The number of rotatable bonds is 13. The molecule has 190 valence electrons. The first-order valence-corrected chi connectivity index (χ1v) is 11.9. The van der Waals surface area contributed by atoms with Crippen LogP contribution in [0, 0.1) is 0 Å². The minimum Gasteiger partial charge on any atom is -0.494 e. The van der Waals surface area contributed by atoms with Gasteiger partial charge in [0.15, 0.2) is 11.5 Å². The monoisotopic (exact) mass is 525 g/mol. The number of nitrogens with zero attached hydrogens (tertiary/aromatic N) is 3. The second-order valence-electron chi connectivity index (χ2n) is 6.96. The van der Waals surface area contributed by atoms with Gasteiger partial charge in [-0.1, -0.05) is 11.6 Å². The smallest absolute Gasteiger partial charge is 0.276 e. The van der Waals surface area contributed by atoms with Crippen molar-refractivity contribution in [3.05, 3.63) is 35.4 Å². The highest BCUT2D eigenvalue weighted by atomic mass is 35.5. The Morgan fingerprint density at radius 1 is 0.886 bits per heavy atom. The van der Waals surface area contributed by atoms with Crippen molar-refractivity contribution in [3.8, 4) is 23.0 Å². The first-order valence-electron chi connectivity index (χ1n) is 11.2. The summed E-state index contributed by atoms with van der Waals surface area (Å²) in [6.07, 6.45) is 0. The number of ether oxygens (including phenoxy) is 4. The molecule has 1 atom stereocenters. The molecule has 0 heterocycles. The Balaban J connectivity index is 2.40. The van der Waals surface area contributed by atoms with Crippen molar-refractivity contribution in [2.75, 3.05) is 30.8 Å². The Kier molecular flexibility index (Phi) is 11.1. The van der Waals surface area contributed by atoms with Crippen LogP contribution in [0.25, 0.3) is 0 Å². The van der Waals surface area contributed by atoms with Crippen molar-refractivity contribution in [1.29, 1.82) is 0 Å². The molecule has 1 amide bonds. The molecule has 0 spiro atoms. The number of Topliss-reactive ketones (excluding diaryl/α,β-unsaturated/α-hetero) is 1. The van der Waals surface area contributed by atoms with E-state index in [-0.39, 0.29) is 16.4 Å². The van der Waals surface area contributed by atoms with Gasteiger partial charge in [-0.15, -0.1) is 5.11 Å². The van der Waals surface area contributed by atoms with Crippen LogP contribution in [0.1, 0.15) is 34.6 Å². The fourth-order valence-corrected chi connectivity index (χ4v) is 3.46. The molecule has 0 radical (unpaired) electrons. The van der Waals surface area contributed by atoms with Gasteiger partial charge in [0.1, 0.15) is 28.6 Å². The molecule has 0 fully saturated rings. The zero-order chi connectivity index (χ0) is 26.0. The third-order valence-electron chi connectivity index (χ3n) is 4.45. The Labute approximate surface area is 215 Å². The Morgan fingerprint density at radius 3 is 2.06 bits per heavy atom. The first-order chi connectivity index (χ1) is 16.8. The number of halogens is 2. The fourth-order valence-electron chi connectivity index (χ4n) is 2.99. The highest BCUT2D eigenvalue weighted by Gasteiger charge is 2.31. The maximum atomic E-state index is 13.2. The molecule has 9 nitrogen and oxygen atoms in total. The van der Waals surface area contributed by atoms with Gasteiger partial charge in [0, 0.05) is 30.0 Å². The first kappa shape index (κ1) is 28.2. The molecule has 35 heavy (non-hydrogen) atoms. The predicted octanol–water partition coefficient (Wildman–Crippen LogP) is 6.16. The topological polar surface area (TPSA) is 99.0 Å². The number of carbonyl (C=O) groups is 2. The SMILES string of the molecule is CCOc1ccc(N(Cl)C(=O)C(N=Nc2c(Cl)cc(OCC)cc2OCC)C(C)=O)c(OCC)c1. The Hall–Kier alpha value is -3.04. The molecule has 0 aliphatic carbocycles. The second kappa shape index (κ2) is 13.7. The molecule has 0 saturated heterocycles. The normalized spacial score (nSPS) is 11.7. The van der Waals surface area contributed by atoms with Crippen molar-refractivity contribution >= 4 is 46.4 Å². The van der Waals surface area contributed by atoms with Gasteiger partial charge < -0.3 is 18.9 Å². The summed E-state index contributed by atoms with van der Waals surface area (Å²) in [6.45, 7) is 10.0. The van der Waals surface area contributed by atoms with Gasteiger partial charge in [-0.3, -0.25) is 9.59 Å². The summed E-state index contributed by atoms with van der Waals surface area (Å²) in [5.74, 6) is 0.281. The van der Waals surface area contributed by atoms with E-state index in [4.69, 9.17) is 42.3 Å². The molecule has 2 rings (SSSR count). The lowest BCUT2D eigenvalue weighted by molar-refractivity contribution is -0.126. The molecule has 2 aromatic carbocycles. The van der Waals surface area contributed by atoms with Gasteiger partial charge in [-0.2, -0.15) is 5.11 Å². The van der Waals surface area contributed by atoms with E-state index in [1.165, 1.54) is 6.92 Å². The van der Waals surface area contributed by atoms with E-state index in [9.17, 15) is 9.59 Å². The highest BCUT2D eigenvalue weighted by Crippen LogP contribution is 2.40. The van der Waals surface area contributed by atoms with Crippen LogP contribution in [0.2, 0.25) is 5.02 Å². The summed E-state index contributed by atoms with van der Waals surface area (Å²) < 4.78 is 22.9. The molecule has 0 aliphatic heterocycles. The molecule has 11 heteroatoms. The van der Waals surface area contributed by atoms with Gasteiger partial charge in [0.2, 0.25) is 6.04 Å². The lowest BCUT2D eigenvalue weighted by Gasteiger charge is -2.20. The minimum absolute atomic E-state index is 0.160. The quantitative estimate of drug-likeness (QED) is 0.176. The molecule has 0 bridgehead atoms. The van der Waals surface area contributed by atoms with E-state index in [0.717, 1.165) is 4.42 Å². The van der Waals surface area contributed by atoms with Crippen molar-refractivity contribution in [1.82, 2.24) is 0 Å². The van der Waals surface area contributed by atoms with Crippen LogP contribution < -0.4 is 23.4 Å². The number of azo groups is 1. The van der Waals surface area contributed by atoms with Crippen LogP contribution in [0.15, 0.2) is 40.6 Å². The standard InChI is InChI=1S/C24H29Cl2N3O6/c1-6-32-16-10-11-19(20(13-16)34-8-3)29(26)24(31)22(15(5)30)27-28-23-18(25)12-17(33-7-2)14-21(23)35-9-4/h10-14,22H,6-9H2,1-5H3. The zero-order valence-corrected chi connectivity index (χ0v) is 21.9. The Bertz CT molecular complexity index is 1060. The van der Waals surface area contributed by atoms with Crippen LogP contribution in [0.4, 0.5) is 11.4 Å². The molecule has 0 saturated carbocycles. The maximum Gasteiger partial charge on any atom is 0.276 e. The summed E-state index contributed by atoms with van der Waals surface area (Å²) in [5.41, 5.74) is 0.394. The maximum absolute atomic E-state index is 13.2. The van der Waals surface area contributed by atoms with Gasteiger partial charge >= 0.3 is 0 Å². The summed E-state index contributed by atoms with van der Waals surface area (Å²) in [7, 11) is 0. The average molecular weight is 526 g/mol. The van der Waals surface area contributed by atoms with E-state index in [0.29, 0.717) is 49.4 Å². The van der Waals surface area contributed by atoms with Crippen molar-refractivity contribution in [2.24, 2.45) is 10.2 Å². The molecule has 1 unspecified atom stereocenters. The van der Waals surface area contributed by atoms with Crippen LogP contribution in [-0.2, 0) is 9.59 Å². The number of anilines is 1. The summed E-state index contributed by atoms with van der Waals surface area (Å²) >= 11 is 12.7. The van der Waals surface area contributed by atoms with Gasteiger partial charge in [0.25, 0.3) is 5.91 Å². The number of ketones is 1. The number of hydrogen-bond donors (Lipinski definition) is 0. The van der Waals surface area contributed by atoms with Crippen LogP contribution >= 0.6 is 23.4 Å². The van der Waals surface area contributed by atoms with Gasteiger partial charge in [0.05, 0.1) is 31.5 Å². The largest absolute Gasteiger partial charge is 0.494 e. The number of hydrogen-bond acceptors (Lipinski definition) is 8. The predicted molar refractivity (Wildman–Crippen MR) is 135 cm³/mol. The number of amides is 1. The highest BCUT2D eigenvalue weighted by molar-refractivity contribution is 6.39. The van der Waals surface area contributed by atoms with Crippen molar-refractivity contribution in [3.63, 3.8) is 0 Å². The van der Waals surface area contributed by atoms with E-state index in [2.05, 4.69) is 10.2 Å². The number of benzene rings is 2. The molecular weight excluding hydrogens is 497 g/mol. The Morgan fingerprint density at radius 2 is 1.46 bits per heavy atom. The second-order valence-corrected chi connectivity index (χ2v) is 7.71. The molecule has 0 aromatic heterocycles. The molecular formula is C24H29Cl2N3O6. The van der Waals surface area contributed by atoms with Gasteiger partial charge in [-0.25, -0.2) is 4.42 Å². The van der Waals surface area contributed by atoms with Gasteiger partial charge in [-0.05, 0) is 46.8 Å². The number of carbonyl (C=O) groups excluding carboxylic acids is 2. The van der Waals surface area contributed by atoms with E-state index >= 15 is 0 Å². The molecule has 0 aliphatic rings. The van der Waals surface area contributed by atoms with E-state index < -0.39 is 17.7 Å². The third kappa shape index (κ3) is 7.47. The lowest BCUT2D eigenvalue weighted by Crippen LogP contribution is -2.36. The van der Waals surface area contributed by atoms with Crippen molar-refractivity contribution in [2.45, 2.75) is 40.7 Å². The van der Waals surface area contributed by atoms with E-state index in [1.54, 1.807) is 44.2 Å². The average Bonchev–Trinajstić information content (AvgIpc) is 2.81. The fraction of sp³-hybridized carbons (Fsp3) is 0.417.